The van der Waals surface area contributed by atoms with E-state index in [4.69, 9.17) is 14.5 Å². The van der Waals surface area contributed by atoms with E-state index in [2.05, 4.69) is 0 Å². The van der Waals surface area contributed by atoms with Crippen LogP contribution in [0.1, 0.15) is 62.8 Å². The minimum absolute atomic E-state index is 0.0734. The third-order valence-corrected chi connectivity index (χ3v) is 7.88. The lowest BCUT2D eigenvalue weighted by Gasteiger charge is -2.36. The van der Waals surface area contributed by atoms with Crippen LogP contribution in [0.2, 0.25) is 0 Å². The number of ether oxygens (including phenoxy) is 2. The van der Waals surface area contributed by atoms with Crippen LogP contribution in [0.3, 0.4) is 0 Å². The Morgan fingerprint density at radius 2 is 1.87 bits per heavy atom. The van der Waals surface area contributed by atoms with Gasteiger partial charge < -0.3 is 19.1 Å². The lowest BCUT2D eigenvalue weighted by molar-refractivity contribution is -0.174. The Morgan fingerprint density at radius 1 is 1.10 bits per heavy atom. The fraction of sp³-hybridized carbons (Fsp3) is 0.433. The summed E-state index contributed by atoms with van der Waals surface area (Å²) in [5.74, 6) is -1.27. The second-order valence-corrected chi connectivity index (χ2v) is 10.5. The minimum Gasteiger partial charge on any atom is -0.508 e. The zero-order valence-electron chi connectivity index (χ0n) is 22.6. The highest BCUT2D eigenvalue weighted by atomic mass is 16.6. The number of aromatic nitrogens is 2. The van der Waals surface area contributed by atoms with Gasteiger partial charge in [-0.2, -0.15) is 0 Å². The number of nitrogens with zero attached hydrogens (tertiary/aromatic N) is 2. The number of ketones is 2. The van der Waals surface area contributed by atoms with Crippen molar-refractivity contribution in [1.29, 1.82) is 0 Å². The number of hydrogen-bond acceptors (Lipinski definition) is 8. The van der Waals surface area contributed by atoms with E-state index >= 15 is 0 Å². The molecule has 1 N–H and O–H groups in total. The molecule has 2 aromatic heterocycles. The lowest BCUT2D eigenvalue weighted by atomic mass is 9.76. The summed E-state index contributed by atoms with van der Waals surface area (Å²) in [6.45, 7) is 6.89. The molecular formula is C30H32N2O7. The quantitative estimate of drug-likeness (QED) is 0.341. The van der Waals surface area contributed by atoms with Crippen molar-refractivity contribution in [2.75, 3.05) is 13.2 Å². The molecule has 9 nitrogen and oxygen atoms in total. The largest absolute Gasteiger partial charge is 0.508 e. The van der Waals surface area contributed by atoms with Crippen LogP contribution in [-0.2, 0) is 48.8 Å². The number of Topliss-reactive ketones (excluding diaryl/α,β-unsaturated/α-hetero) is 2. The van der Waals surface area contributed by atoms with Crippen molar-refractivity contribution in [2.45, 2.75) is 65.5 Å². The summed E-state index contributed by atoms with van der Waals surface area (Å²) >= 11 is 0. The molecule has 1 atom stereocenters. The van der Waals surface area contributed by atoms with Gasteiger partial charge in [-0.05, 0) is 49.1 Å². The fourth-order valence-electron chi connectivity index (χ4n) is 5.73. The van der Waals surface area contributed by atoms with Gasteiger partial charge in [0, 0.05) is 34.4 Å². The van der Waals surface area contributed by atoms with Gasteiger partial charge in [-0.3, -0.25) is 14.4 Å². The average Bonchev–Trinajstić information content (AvgIpc) is 3.27. The SMILES string of the molecule is CCc1c2c(nc3ccc(O)cc13)-c1cc3c(c(=O)n1C2)CCC(=O)[C@@]3(CC)OC(=O)COCC(=O)C(C)C. The van der Waals surface area contributed by atoms with Crippen molar-refractivity contribution in [3.05, 3.63) is 56.9 Å². The van der Waals surface area contributed by atoms with Gasteiger partial charge in [0.25, 0.3) is 5.56 Å². The number of phenols is 1. The maximum absolute atomic E-state index is 13.8. The molecule has 1 aliphatic carbocycles. The number of rotatable bonds is 8. The number of esters is 1. The van der Waals surface area contributed by atoms with Gasteiger partial charge in [0.1, 0.15) is 19.0 Å². The number of aryl methyl sites for hydroxylation is 1. The Bertz CT molecular complexity index is 1590. The van der Waals surface area contributed by atoms with Crippen LogP contribution < -0.4 is 5.56 Å². The number of fused-ring (bicyclic) bond motifs is 5. The molecular weight excluding hydrogens is 500 g/mol. The normalized spacial score (nSPS) is 17.7. The number of aromatic hydroxyl groups is 1. The molecule has 0 saturated carbocycles. The summed E-state index contributed by atoms with van der Waals surface area (Å²) in [5.41, 5.74) is 2.82. The van der Waals surface area contributed by atoms with Crippen LogP contribution >= 0.6 is 0 Å². The first kappa shape index (κ1) is 26.7. The molecule has 0 bridgehead atoms. The molecule has 0 amide bonds. The first-order valence-corrected chi connectivity index (χ1v) is 13.4. The summed E-state index contributed by atoms with van der Waals surface area (Å²) in [5, 5.41) is 10.9. The topological polar surface area (TPSA) is 125 Å². The highest BCUT2D eigenvalue weighted by molar-refractivity contribution is 5.94. The van der Waals surface area contributed by atoms with Crippen molar-refractivity contribution >= 4 is 28.4 Å². The second-order valence-electron chi connectivity index (χ2n) is 10.5. The predicted molar refractivity (Wildman–Crippen MR) is 144 cm³/mol. The Hall–Kier alpha value is -3.85. The van der Waals surface area contributed by atoms with E-state index in [1.54, 1.807) is 49.6 Å². The van der Waals surface area contributed by atoms with Crippen molar-refractivity contribution in [1.82, 2.24) is 9.55 Å². The molecule has 0 fully saturated rings. The molecule has 5 rings (SSSR count). The zero-order valence-corrected chi connectivity index (χ0v) is 22.6. The van der Waals surface area contributed by atoms with E-state index in [9.17, 15) is 24.3 Å². The number of carbonyl (C=O) groups excluding carboxylic acids is 3. The molecule has 39 heavy (non-hydrogen) atoms. The van der Waals surface area contributed by atoms with Crippen molar-refractivity contribution in [3.63, 3.8) is 0 Å². The summed E-state index contributed by atoms with van der Waals surface area (Å²) in [6, 6.07) is 6.79. The highest BCUT2D eigenvalue weighted by Crippen LogP contribution is 2.42. The number of pyridine rings is 2. The van der Waals surface area contributed by atoms with Crippen molar-refractivity contribution < 1.29 is 29.0 Å². The Kier molecular flexibility index (Phi) is 6.88. The third-order valence-electron chi connectivity index (χ3n) is 7.88. The first-order chi connectivity index (χ1) is 18.6. The van der Waals surface area contributed by atoms with E-state index in [0.29, 0.717) is 41.0 Å². The molecule has 1 aromatic carbocycles. The number of carbonyl (C=O) groups is 3. The van der Waals surface area contributed by atoms with Gasteiger partial charge in [-0.25, -0.2) is 9.78 Å². The zero-order chi connectivity index (χ0) is 28.1. The molecule has 0 spiro atoms. The molecule has 0 saturated heterocycles. The number of benzene rings is 1. The monoisotopic (exact) mass is 532 g/mol. The first-order valence-electron chi connectivity index (χ1n) is 13.4. The highest BCUT2D eigenvalue weighted by Gasteiger charge is 2.48. The van der Waals surface area contributed by atoms with Crippen molar-refractivity contribution in [3.8, 4) is 17.1 Å². The van der Waals surface area contributed by atoms with Gasteiger partial charge >= 0.3 is 5.97 Å². The molecule has 3 aromatic rings. The van der Waals surface area contributed by atoms with E-state index in [1.165, 1.54) is 0 Å². The van der Waals surface area contributed by atoms with Crippen LogP contribution in [0.4, 0.5) is 0 Å². The van der Waals surface area contributed by atoms with Crippen LogP contribution in [0.5, 0.6) is 5.75 Å². The standard InChI is InChI=1S/C30H32N2O7/c1-5-18-20-11-17(33)7-9-23(20)31-28-21(18)13-32-24(28)12-22-19(29(32)37)8-10-26(35)30(22,6-2)39-27(36)15-38-14-25(34)16(3)4/h7,9,11-12,16,33H,5-6,8,10,13-15H2,1-4H3/t30-/m0/s1. The Balaban J connectivity index is 1.58. The Morgan fingerprint density at radius 3 is 2.56 bits per heavy atom. The molecule has 9 heteroatoms. The molecule has 2 aliphatic rings. The van der Waals surface area contributed by atoms with Crippen LogP contribution in [0.15, 0.2) is 29.1 Å². The van der Waals surface area contributed by atoms with E-state index < -0.39 is 18.2 Å². The van der Waals surface area contributed by atoms with E-state index in [0.717, 1.165) is 16.5 Å². The van der Waals surface area contributed by atoms with Gasteiger partial charge in [-0.1, -0.05) is 27.7 Å². The molecule has 204 valence electrons. The van der Waals surface area contributed by atoms with Crippen LogP contribution in [0, 0.1) is 5.92 Å². The summed E-state index contributed by atoms with van der Waals surface area (Å²) in [6.07, 6.45) is 1.16. The predicted octanol–water partition coefficient (Wildman–Crippen LogP) is 3.60. The number of hydrogen-bond donors (Lipinski definition) is 1. The average molecular weight is 533 g/mol. The van der Waals surface area contributed by atoms with E-state index in [1.807, 2.05) is 6.92 Å². The fourth-order valence-corrected chi connectivity index (χ4v) is 5.73. The lowest BCUT2D eigenvalue weighted by Crippen LogP contribution is -2.47. The van der Waals surface area contributed by atoms with Crippen molar-refractivity contribution in [2.24, 2.45) is 5.92 Å². The molecule has 3 heterocycles. The van der Waals surface area contributed by atoms with Crippen LogP contribution in [0.25, 0.3) is 22.3 Å². The molecule has 0 unspecified atom stereocenters. The summed E-state index contributed by atoms with van der Waals surface area (Å²) in [4.78, 5) is 56.7. The maximum Gasteiger partial charge on any atom is 0.333 e. The maximum atomic E-state index is 13.8. The molecule has 1 aliphatic heterocycles. The van der Waals surface area contributed by atoms with Gasteiger partial charge in [-0.15, -0.1) is 0 Å². The smallest absolute Gasteiger partial charge is 0.333 e. The van der Waals surface area contributed by atoms with Crippen LogP contribution in [-0.4, -0.2) is 45.4 Å². The summed E-state index contributed by atoms with van der Waals surface area (Å²) < 4.78 is 12.8. The molecule has 0 radical (unpaired) electrons. The second kappa shape index (κ2) is 10.0. The minimum atomic E-state index is -1.62. The van der Waals surface area contributed by atoms with Gasteiger partial charge in [0.2, 0.25) is 0 Å². The van der Waals surface area contributed by atoms with E-state index in [-0.39, 0.29) is 54.7 Å². The van der Waals surface area contributed by atoms with Gasteiger partial charge in [0.05, 0.1) is 23.4 Å². The summed E-state index contributed by atoms with van der Waals surface area (Å²) in [7, 11) is 0. The third kappa shape index (κ3) is 4.34. The Labute approximate surface area is 225 Å². The number of phenolic OH excluding ortho intramolecular Hbond substituents is 1. The van der Waals surface area contributed by atoms with Gasteiger partial charge in [0.15, 0.2) is 17.2 Å².